The SMILES string of the molecule is CN(C)NCC=O.Cc1cc(C(/C=C/c2ccc3c(ccn3C)c2)C(F)(F)F)cc(Cl)c1F. The number of benzene rings is 2. The minimum absolute atomic E-state index is 0.0841. The lowest BCUT2D eigenvalue weighted by atomic mass is 9.95. The Hall–Kier alpha value is -2.68. The third kappa shape index (κ3) is 7.42. The van der Waals surface area contributed by atoms with Gasteiger partial charge in [0.05, 0.1) is 17.5 Å². The van der Waals surface area contributed by atoms with Crippen LogP contribution in [-0.4, -0.2) is 42.7 Å². The van der Waals surface area contributed by atoms with E-state index in [1.165, 1.54) is 19.1 Å². The second kappa shape index (κ2) is 11.4. The average molecular weight is 484 g/mol. The van der Waals surface area contributed by atoms with Gasteiger partial charge in [-0.25, -0.2) is 9.82 Å². The van der Waals surface area contributed by atoms with Crippen molar-refractivity contribution in [3.8, 4) is 0 Å². The van der Waals surface area contributed by atoms with Crippen LogP contribution in [0.2, 0.25) is 5.02 Å². The van der Waals surface area contributed by atoms with Gasteiger partial charge >= 0.3 is 6.18 Å². The highest BCUT2D eigenvalue weighted by Crippen LogP contribution is 2.38. The number of alkyl halides is 3. The molecule has 0 bridgehead atoms. The maximum Gasteiger partial charge on any atom is 0.399 e. The van der Waals surface area contributed by atoms with Crippen molar-refractivity contribution < 1.29 is 22.4 Å². The minimum Gasteiger partial charge on any atom is -0.351 e. The zero-order valence-corrected chi connectivity index (χ0v) is 19.5. The summed E-state index contributed by atoms with van der Waals surface area (Å²) in [4.78, 5) is 9.62. The molecular formula is C24H26ClF4N3O. The molecule has 0 radical (unpaired) electrons. The molecule has 1 atom stereocenters. The van der Waals surface area contributed by atoms with Gasteiger partial charge in [-0.1, -0.05) is 35.9 Å². The topological polar surface area (TPSA) is 37.3 Å². The van der Waals surface area contributed by atoms with Crippen molar-refractivity contribution >= 4 is 34.9 Å². The number of allylic oxidation sites excluding steroid dienone is 1. The van der Waals surface area contributed by atoms with E-state index in [1.807, 2.05) is 50.1 Å². The van der Waals surface area contributed by atoms with E-state index in [0.717, 1.165) is 29.3 Å². The summed E-state index contributed by atoms with van der Waals surface area (Å²) in [6, 6.07) is 9.56. The zero-order chi connectivity index (χ0) is 24.8. The second-order valence-electron chi connectivity index (χ2n) is 7.68. The van der Waals surface area contributed by atoms with Crippen LogP contribution in [0.3, 0.4) is 0 Å². The summed E-state index contributed by atoms with van der Waals surface area (Å²) in [5.41, 5.74) is 4.41. The highest BCUT2D eigenvalue weighted by atomic mass is 35.5. The summed E-state index contributed by atoms with van der Waals surface area (Å²) in [7, 11) is 5.57. The largest absolute Gasteiger partial charge is 0.399 e. The number of hydrogen-bond acceptors (Lipinski definition) is 3. The smallest absolute Gasteiger partial charge is 0.351 e. The summed E-state index contributed by atoms with van der Waals surface area (Å²) < 4.78 is 56.2. The van der Waals surface area contributed by atoms with Crippen LogP contribution in [0.15, 0.2) is 48.7 Å². The van der Waals surface area contributed by atoms with Crippen LogP contribution in [0.25, 0.3) is 17.0 Å². The number of aryl methyl sites for hydroxylation is 2. The monoisotopic (exact) mass is 483 g/mol. The molecule has 3 aromatic rings. The number of fused-ring (bicyclic) bond motifs is 1. The van der Waals surface area contributed by atoms with E-state index in [4.69, 9.17) is 11.6 Å². The molecule has 4 nitrogen and oxygen atoms in total. The van der Waals surface area contributed by atoms with Gasteiger partial charge in [0.25, 0.3) is 0 Å². The van der Waals surface area contributed by atoms with E-state index in [-0.39, 0.29) is 16.1 Å². The number of carbonyl (C=O) groups is 1. The lowest BCUT2D eigenvalue weighted by Gasteiger charge is -2.18. The van der Waals surface area contributed by atoms with Gasteiger partial charge in [-0.3, -0.25) is 5.01 Å². The van der Waals surface area contributed by atoms with E-state index in [0.29, 0.717) is 12.1 Å². The fourth-order valence-electron chi connectivity index (χ4n) is 3.17. The fraction of sp³-hybridized carbons (Fsp3) is 0.292. The van der Waals surface area contributed by atoms with Gasteiger partial charge in [-0.05, 0) is 47.9 Å². The maximum absolute atomic E-state index is 13.6. The summed E-state index contributed by atoms with van der Waals surface area (Å²) in [6.07, 6.45) is 0.700. The number of aldehydes is 1. The molecule has 0 aliphatic carbocycles. The van der Waals surface area contributed by atoms with Crippen molar-refractivity contribution in [2.45, 2.75) is 19.0 Å². The molecule has 0 amide bonds. The molecule has 9 heteroatoms. The van der Waals surface area contributed by atoms with Crippen LogP contribution in [0.1, 0.15) is 22.6 Å². The quantitative estimate of drug-likeness (QED) is 0.270. The normalized spacial score (nSPS) is 12.8. The van der Waals surface area contributed by atoms with Crippen LogP contribution in [0, 0.1) is 12.7 Å². The number of nitrogens with one attached hydrogen (secondary N) is 1. The van der Waals surface area contributed by atoms with E-state index >= 15 is 0 Å². The molecule has 178 valence electrons. The molecular weight excluding hydrogens is 458 g/mol. The molecule has 0 aliphatic heterocycles. The Labute approximate surface area is 195 Å². The zero-order valence-electron chi connectivity index (χ0n) is 18.8. The van der Waals surface area contributed by atoms with Crippen LogP contribution >= 0.6 is 11.6 Å². The first-order valence-corrected chi connectivity index (χ1v) is 10.4. The average Bonchev–Trinajstić information content (AvgIpc) is 3.10. The third-order valence-corrected chi connectivity index (χ3v) is 5.10. The molecule has 0 saturated heterocycles. The predicted molar refractivity (Wildman–Crippen MR) is 125 cm³/mol. The lowest BCUT2D eigenvalue weighted by molar-refractivity contribution is -0.139. The van der Waals surface area contributed by atoms with Crippen LogP contribution in [-0.2, 0) is 11.8 Å². The highest BCUT2D eigenvalue weighted by Gasteiger charge is 2.39. The second-order valence-corrected chi connectivity index (χ2v) is 8.09. The van der Waals surface area contributed by atoms with E-state index in [9.17, 15) is 22.4 Å². The highest BCUT2D eigenvalue weighted by molar-refractivity contribution is 6.30. The molecule has 2 aromatic carbocycles. The van der Waals surface area contributed by atoms with Crippen LogP contribution in [0.4, 0.5) is 17.6 Å². The van der Waals surface area contributed by atoms with Crippen LogP contribution in [0.5, 0.6) is 0 Å². The molecule has 1 unspecified atom stereocenters. The van der Waals surface area contributed by atoms with Crippen molar-refractivity contribution in [1.82, 2.24) is 15.0 Å². The van der Waals surface area contributed by atoms with Gasteiger partial charge in [-0.15, -0.1) is 0 Å². The molecule has 1 aromatic heterocycles. The van der Waals surface area contributed by atoms with E-state index < -0.39 is 17.9 Å². The lowest BCUT2D eigenvalue weighted by Crippen LogP contribution is -2.31. The fourth-order valence-corrected chi connectivity index (χ4v) is 3.45. The van der Waals surface area contributed by atoms with Gasteiger partial charge in [-0.2, -0.15) is 13.2 Å². The predicted octanol–water partition coefficient (Wildman–Crippen LogP) is 5.89. The van der Waals surface area contributed by atoms with Crippen molar-refractivity contribution in [3.63, 3.8) is 0 Å². The summed E-state index contributed by atoms with van der Waals surface area (Å²) >= 11 is 5.73. The van der Waals surface area contributed by atoms with Gasteiger partial charge < -0.3 is 9.36 Å². The van der Waals surface area contributed by atoms with Gasteiger partial charge in [0.1, 0.15) is 12.1 Å². The van der Waals surface area contributed by atoms with Crippen molar-refractivity contribution in [1.29, 1.82) is 0 Å². The standard InChI is InChI=1S/C20H16ClF4N.C4H10N2O/c1-12-9-15(11-17(21)19(12)22)16(20(23,24)25)5-3-13-4-6-18-14(10-13)7-8-26(18)2;1-6(2)5-3-4-7/h3-11,16H,1-2H3;4-5H,3H2,1-2H3/b5-3+;. The molecule has 0 aliphatic rings. The molecule has 1 heterocycles. The number of nitrogens with zero attached hydrogens (tertiary/aromatic N) is 2. The Kier molecular flexibility index (Phi) is 9.22. The van der Waals surface area contributed by atoms with Crippen molar-refractivity contribution in [2.24, 2.45) is 7.05 Å². The molecule has 3 rings (SSSR count). The number of halogens is 5. The number of rotatable bonds is 6. The Morgan fingerprint density at radius 2 is 1.88 bits per heavy atom. The Morgan fingerprint density at radius 3 is 2.42 bits per heavy atom. The first-order chi connectivity index (χ1) is 15.4. The Balaban J connectivity index is 0.000000479. The first-order valence-electron chi connectivity index (χ1n) is 10.0. The Morgan fingerprint density at radius 1 is 1.18 bits per heavy atom. The van der Waals surface area contributed by atoms with Crippen molar-refractivity contribution in [2.75, 3.05) is 20.6 Å². The van der Waals surface area contributed by atoms with Crippen molar-refractivity contribution in [3.05, 3.63) is 76.2 Å². The van der Waals surface area contributed by atoms with E-state index in [1.54, 1.807) is 11.1 Å². The summed E-state index contributed by atoms with van der Waals surface area (Å²) in [5.74, 6) is -2.57. The van der Waals surface area contributed by atoms with Crippen LogP contribution < -0.4 is 5.43 Å². The number of hydrazine groups is 1. The summed E-state index contributed by atoms with van der Waals surface area (Å²) in [5, 5.41) is 2.36. The molecule has 33 heavy (non-hydrogen) atoms. The number of aromatic nitrogens is 1. The first kappa shape index (κ1) is 26.6. The molecule has 1 N–H and O–H groups in total. The van der Waals surface area contributed by atoms with Gasteiger partial charge in [0.15, 0.2) is 0 Å². The van der Waals surface area contributed by atoms with Gasteiger partial charge in [0.2, 0.25) is 0 Å². The summed E-state index contributed by atoms with van der Waals surface area (Å²) in [6.45, 7) is 1.79. The number of carbonyl (C=O) groups excluding carboxylic acids is 1. The molecule has 0 saturated carbocycles. The molecule has 0 spiro atoms. The molecule has 0 fully saturated rings. The number of hydrogen-bond donors (Lipinski definition) is 1. The van der Waals surface area contributed by atoms with E-state index in [2.05, 4.69) is 5.43 Å². The maximum atomic E-state index is 13.6. The van der Waals surface area contributed by atoms with Gasteiger partial charge in [0, 0.05) is 38.2 Å². The Bertz CT molecular complexity index is 1100. The minimum atomic E-state index is -4.51. The third-order valence-electron chi connectivity index (χ3n) is 4.83.